The average Bonchev–Trinajstić information content (AvgIpc) is 2.96. The number of hydrogen-bond acceptors (Lipinski definition) is 10. The van der Waals surface area contributed by atoms with Gasteiger partial charge in [-0.3, -0.25) is 18.9 Å². The molecule has 2 N–H and O–H groups in total. The summed E-state index contributed by atoms with van der Waals surface area (Å²) in [7, 11) is -5.01. The number of phosphoric acid groups is 1. The molecule has 5 aromatic rings. The van der Waals surface area contributed by atoms with E-state index in [4.69, 9.17) is 4.98 Å². The molecule has 0 atom stereocenters. The fourth-order valence-corrected chi connectivity index (χ4v) is 4.76. The number of benzene rings is 1. The van der Waals surface area contributed by atoms with Crippen LogP contribution >= 0.6 is 19.6 Å². The van der Waals surface area contributed by atoms with Crippen LogP contribution in [0.1, 0.15) is 19.4 Å². The molecule has 0 amide bonds. The van der Waals surface area contributed by atoms with Gasteiger partial charge in [-0.25, -0.2) is 28.9 Å². The second kappa shape index (κ2) is 10.6. The van der Waals surface area contributed by atoms with E-state index >= 15 is 0 Å². The molecule has 41 heavy (non-hydrogen) atoms. The van der Waals surface area contributed by atoms with Crippen molar-refractivity contribution in [1.29, 1.82) is 5.26 Å². The van der Waals surface area contributed by atoms with Crippen LogP contribution in [0.5, 0.6) is 0 Å². The van der Waals surface area contributed by atoms with Crippen LogP contribution in [-0.2, 0) is 21.2 Å². The molecule has 5 rings (SSSR count). The van der Waals surface area contributed by atoms with Crippen LogP contribution in [0, 0.1) is 11.3 Å². The van der Waals surface area contributed by atoms with Gasteiger partial charge in [-0.1, -0.05) is 23.9 Å². The first-order valence-corrected chi connectivity index (χ1v) is 14.7. The Morgan fingerprint density at radius 1 is 1.05 bits per heavy atom. The highest BCUT2D eigenvalue weighted by atomic mass is 32.2. The summed E-state index contributed by atoms with van der Waals surface area (Å²) in [6.45, 7) is 2.51. The number of hydrogen-bond donors (Lipinski definition) is 2. The number of rotatable bonds is 7. The minimum Gasteiger partial charge on any atom is -0.303 e. The smallest absolute Gasteiger partial charge is 0.303 e. The predicted octanol–water partition coefficient (Wildman–Crippen LogP) is 3.14. The molecule has 0 fully saturated rings. The van der Waals surface area contributed by atoms with E-state index in [0.29, 0.717) is 37.7 Å². The van der Waals surface area contributed by atoms with E-state index in [9.17, 15) is 29.2 Å². The van der Waals surface area contributed by atoms with Crippen molar-refractivity contribution in [2.24, 2.45) is 0 Å². The van der Waals surface area contributed by atoms with E-state index in [-0.39, 0.29) is 16.4 Å². The lowest BCUT2D eigenvalue weighted by Gasteiger charge is -2.18. The van der Waals surface area contributed by atoms with Gasteiger partial charge in [0.15, 0.2) is 5.16 Å². The van der Waals surface area contributed by atoms with Crippen molar-refractivity contribution in [3.05, 3.63) is 81.4 Å². The number of thioether (sulfide) groups is 1. The van der Waals surface area contributed by atoms with E-state index < -0.39 is 31.2 Å². The van der Waals surface area contributed by atoms with Gasteiger partial charge in [-0.05, 0) is 49.9 Å². The first-order chi connectivity index (χ1) is 19.4. The monoisotopic (exact) mass is 591 g/mol. The molecule has 0 bridgehead atoms. The lowest BCUT2D eigenvalue weighted by Crippen LogP contribution is -2.40. The van der Waals surface area contributed by atoms with Gasteiger partial charge in [0.05, 0.1) is 39.3 Å². The van der Waals surface area contributed by atoms with E-state index in [0.717, 1.165) is 0 Å². The van der Waals surface area contributed by atoms with Crippen molar-refractivity contribution in [2.75, 3.05) is 6.26 Å². The molecular formula is C26H22N7O6PS. The SMILES string of the molecule is CSc1ncc(-c2ccc3ncc4c(=O)n(COP(=O)(O)O)c(=O)n(-c5ccc(C(C)(C)C#N)cc5)c4c3n2)cn1. The number of fused-ring (bicyclic) bond motifs is 3. The Morgan fingerprint density at radius 2 is 1.73 bits per heavy atom. The average molecular weight is 592 g/mol. The van der Waals surface area contributed by atoms with Crippen molar-refractivity contribution in [2.45, 2.75) is 31.1 Å². The van der Waals surface area contributed by atoms with Crippen molar-refractivity contribution >= 4 is 41.5 Å². The lowest BCUT2D eigenvalue weighted by atomic mass is 9.86. The zero-order valence-corrected chi connectivity index (χ0v) is 23.6. The first kappa shape index (κ1) is 28.3. The van der Waals surface area contributed by atoms with Gasteiger partial charge in [0.1, 0.15) is 12.2 Å². The van der Waals surface area contributed by atoms with Crippen molar-refractivity contribution < 1.29 is 18.9 Å². The number of nitriles is 1. The molecule has 15 heteroatoms. The highest BCUT2D eigenvalue weighted by Gasteiger charge is 2.23. The van der Waals surface area contributed by atoms with Gasteiger partial charge >= 0.3 is 13.5 Å². The van der Waals surface area contributed by atoms with Crippen LogP contribution in [0.2, 0.25) is 0 Å². The molecule has 0 unspecified atom stereocenters. The summed E-state index contributed by atoms with van der Waals surface area (Å²) in [5.74, 6) is 0. The van der Waals surface area contributed by atoms with Gasteiger partial charge in [0, 0.05) is 24.2 Å². The maximum absolute atomic E-state index is 13.8. The molecule has 0 radical (unpaired) electrons. The molecule has 208 valence electrons. The van der Waals surface area contributed by atoms with Gasteiger partial charge in [0.25, 0.3) is 5.56 Å². The Morgan fingerprint density at radius 3 is 2.34 bits per heavy atom. The summed E-state index contributed by atoms with van der Waals surface area (Å²) < 4.78 is 17.7. The summed E-state index contributed by atoms with van der Waals surface area (Å²) in [6.07, 6.45) is 6.35. The van der Waals surface area contributed by atoms with Crippen molar-refractivity contribution in [1.82, 2.24) is 29.1 Å². The van der Waals surface area contributed by atoms with Crippen LogP contribution in [0.25, 0.3) is 38.9 Å². The zero-order valence-electron chi connectivity index (χ0n) is 21.9. The lowest BCUT2D eigenvalue weighted by molar-refractivity contribution is 0.148. The number of nitrogens with zero attached hydrogens (tertiary/aromatic N) is 7. The summed E-state index contributed by atoms with van der Waals surface area (Å²) in [6, 6.07) is 12.2. The predicted molar refractivity (Wildman–Crippen MR) is 151 cm³/mol. The third-order valence-corrected chi connectivity index (χ3v) is 7.42. The summed E-state index contributed by atoms with van der Waals surface area (Å²) in [4.78, 5) is 63.3. The third kappa shape index (κ3) is 5.41. The third-order valence-electron chi connectivity index (χ3n) is 6.40. The fourth-order valence-electron chi connectivity index (χ4n) is 4.18. The Balaban J connectivity index is 1.83. The second-order valence-electron chi connectivity index (χ2n) is 9.43. The quantitative estimate of drug-likeness (QED) is 0.122. The Hall–Kier alpha value is -4.25. The van der Waals surface area contributed by atoms with Crippen LogP contribution in [0.3, 0.4) is 0 Å². The minimum atomic E-state index is -5.01. The topological polar surface area (TPSA) is 186 Å². The van der Waals surface area contributed by atoms with Gasteiger partial charge in [-0.2, -0.15) is 5.26 Å². The molecule has 0 spiro atoms. The largest absolute Gasteiger partial charge is 0.471 e. The highest BCUT2D eigenvalue weighted by Crippen LogP contribution is 2.36. The number of pyridine rings is 2. The maximum Gasteiger partial charge on any atom is 0.471 e. The van der Waals surface area contributed by atoms with Crippen molar-refractivity contribution in [3.63, 3.8) is 0 Å². The Bertz CT molecular complexity index is 2010. The molecule has 0 saturated heterocycles. The van der Waals surface area contributed by atoms with E-state index in [1.165, 1.54) is 22.5 Å². The van der Waals surface area contributed by atoms with Gasteiger partial charge in [-0.15, -0.1) is 0 Å². The number of phosphoric ester groups is 1. The van der Waals surface area contributed by atoms with Crippen LogP contribution < -0.4 is 11.2 Å². The van der Waals surface area contributed by atoms with E-state index in [2.05, 4.69) is 25.5 Å². The first-order valence-electron chi connectivity index (χ1n) is 12.0. The molecule has 13 nitrogen and oxygen atoms in total. The molecule has 0 aliphatic rings. The zero-order chi connectivity index (χ0) is 29.5. The molecule has 4 aromatic heterocycles. The standard InChI is InChI=1S/C26H22N7O6PS/c1-26(2,13-27)16-4-6-17(7-5-16)33-22-18(23(34)32(25(33)35)14-39-40(36,37)38)12-28-20-9-8-19(31-21(20)22)15-10-29-24(41-3)30-11-15/h4-12H,14H2,1-3H3,(H2,36,37,38). The fraction of sp³-hybridized carbons (Fsp3) is 0.192. The molecule has 4 heterocycles. The molecule has 1 aromatic carbocycles. The molecule has 0 aliphatic carbocycles. The number of aromatic nitrogens is 6. The summed E-state index contributed by atoms with van der Waals surface area (Å²) in [5.41, 5.74) is 0.239. The Labute approximate surface area is 236 Å². The summed E-state index contributed by atoms with van der Waals surface area (Å²) in [5, 5.41) is 10.1. The van der Waals surface area contributed by atoms with E-state index in [1.54, 1.807) is 62.6 Å². The molecule has 0 aliphatic heterocycles. The second-order valence-corrected chi connectivity index (χ2v) is 11.4. The summed E-state index contributed by atoms with van der Waals surface area (Å²) >= 11 is 1.39. The maximum atomic E-state index is 13.8. The van der Waals surface area contributed by atoms with Crippen molar-refractivity contribution in [3.8, 4) is 23.0 Å². The van der Waals surface area contributed by atoms with Crippen LogP contribution in [0.15, 0.2) is 69.7 Å². The van der Waals surface area contributed by atoms with E-state index in [1.807, 2.05) is 6.26 Å². The van der Waals surface area contributed by atoms with Crippen LogP contribution in [-0.4, -0.2) is 45.1 Å². The minimum absolute atomic E-state index is 0.0357. The van der Waals surface area contributed by atoms with Gasteiger partial charge in [0.2, 0.25) is 0 Å². The normalized spacial score (nSPS) is 12.1. The molecular weight excluding hydrogens is 569 g/mol. The van der Waals surface area contributed by atoms with Crippen LogP contribution in [0.4, 0.5) is 0 Å². The highest BCUT2D eigenvalue weighted by molar-refractivity contribution is 7.98. The van der Waals surface area contributed by atoms with Gasteiger partial charge < -0.3 is 9.79 Å². The Kier molecular flexibility index (Phi) is 7.33. The molecule has 0 saturated carbocycles.